The van der Waals surface area contributed by atoms with Crippen LogP contribution in [0.5, 0.6) is 0 Å². The molecule has 4 nitrogen and oxygen atoms in total. The summed E-state index contributed by atoms with van der Waals surface area (Å²) in [5.74, 6) is -1.02. The lowest BCUT2D eigenvalue weighted by atomic mass is 9.82. The first kappa shape index (κ1) is 13.8. The van der Waals surface area contributed by atoms with Crippen LogP contribution in [0.3, 0.4) is 0 Å². The van der Waals surface area contributed by atoms with Crippen molar-refractivity contribution in [2.45, 2.75) is 32.2 Å². The number of aryl methyl sites for hydroxylation is 1. The molecular weight excluding hydrogens is 271 g/mol. The molecule has 0 aliphatic heterocycles. The minimum atomic E-state index is -0.801. The van der Waals surface area contributed by atoms with Gasteiger partial charge in [-0.25, -0.2) is 9.37 Å². The fourth-order valence-electron chi connectivity index (χ4n) is 3.11. The molecule has 1 N–H and O–H groups in total. The lowest BCUT2D eigenvalue weighted by molar-refractivity contribution is -0.142. The van der Waals surface area contributed by atoms with Gasteiger partial charge in [0.2, 0.25) is 0 Å². The number of aromatic nitrogens is 2. The molecule has 1 aromatic heterocycles. The van der Waals surface area contributed by atoms with Gasteiger partial charge in [0.05, 0.1) is 17.0 Å². The molecule has 2 aromatic rings. The summed E-state index contributed by atoms with van der Waals surface area (Å²) in [6.07, 6.45) is 5.09. The summed E-state index contributed by atoms with van der Waals surface area (Å²) in [6.45, 7) is 2.67. The van der Waals surface area contributed by atoms with Crippen molar-refractivity contribution >= 4 is 17.0 Å². The lowest BCUT2D eigenvalue weighted by Gasteiger charge is -2.25. The van der Waals surface area contributed by atoms with Crippen molar-refractivity contribution in [1.82, 2.24) is 9.55 Å². The highest BCUT2D eigenvalue weighted by Gasteiger charge is 2.33. The highest BCUT2D eigenvalue weighted by molar-refractivity contribution is 5.77. The van der Waals surface area contributed by atoms with Crippen LogP contribution in [0.25, 0.3) is 11.0 Å². The summed E-state index contributed by atoms with van der Waals surface area (Å²) in [5.41, 5.74) is 1.44. The van der Waals surface area contributed by atoms with Crippen molar-refractivity contribution in [2.75, 3.05) is 0 Å². The molecule has 21 heavy (non-hydrogen) atoms. The molecule has 1 aliphatic rings. The van der Waals surface area contributed by atoms with Gasteiger partial charge >= 0.3 is 5.97 Å². The smallest absolute Gasteiger partial charge is 0.307 e. The molecule has 0 amide bonds. The van der Waals surface area contributed by atoms with E-state index in [-0.39, 0.29) is 11.7 Å². The third kappa shape index (κ3) is 2.33. The number of hydrogen-bond donors (Lipinski definition) is 1. The highest BCUT2D eigenvalue weighted by Crippen LogP contribution is 2.36. The first-order chi connectivity index (χ1) is 10.1. The van der Waals surface area contributed by atoms with E-state index in [0.29, 0.717) is 24.9 Å². The number of fused-ring (bicyclic) bond motifs is 1. The highest BCUT2D eigenvalue weighted by atomic mass is 19.1. The third-order valence-electron chi connectivity index (χ3n) is 4.14. The Bertz CT molecular complexity index is 720. The molecular formula is C16H17FN2O2. The van der Waals surface area contributed by atoms with E-state index in [1.807, 2.05) is 23.6 Å². The number of carboxylic acid groups (broad SMARTS) is 1. The zero-order chi connectivity index (χ0) is 15.0. The van der Waals surface area contributed by atoms with Gasteiger partial charge in [-0.3, -0.25) is 4.79 Å². The predicted molar refractivity (Wildman–Crippen MR) is 77.6 cm³/mol. The predicted octanol–water partition coefficient (Wildman–Crippen LogP) is 3.33. The van der Waals surface area contributed by atoms with Crippen LogP contribution in [0.4, 0.5) is 4.39 Å². The SMILES string of the molecule is CCn1c([C@@H]2CC=CC[C@@H]2C(=O)O)nc2cc(F)ccc21. The van der Waals surface area contributed by atoms with Crippen molar-refractivity contribution in [3.05, 3.63) is 42.0 Å². The fraction of sp³-hybridized carbons (Fsp3) is 0.375. The van der Waals surface area contributed by atoms with Gasteiger partial charge in [0.15, 0.2) is 0 Å². The molecule has 110 valence electrons. The lowest BCUT2D eigenvalue weighted by Crippen LogP contribution is -2.25. The Labute approximate surface area is 121 Å². The Kier molecular flexibility index (Phi) is 3.49. The first-order valence-corrected chi connectivity index (χ1v) is 7.15. The van der Waals surface area contributed by atoms with Crippen LogP contribution in [-0.2, 0) is 11.3 Å². The average Bonchev–Trinajstić information content (AvgIpc) is 2.84. The molecule has 1 aliphatic carbocycles. The fourth-order valence-corrected chi connectivity index (χ4v) is 3.11. The molecule has 2 atom stereocenters. The molecule has 0 saturated carbocycles. The number of imidazole rings is 1. The minimum absolute atomic E-state index is 0.164. The van der Waals surface area contributed by atoms with E-state index in [2.05, 4.69) is 4.98 Å². The Hall–Kier alpha value is -2.17. The number of allylic oxidation sites excluding steroid dienone is 2. The zero-order valence-electron chi connectivity index (χ0n) is 11.8. The van der Waals surface area contributed by atoms with Crippen LogP contribution in [0.15, 0.2) is 30.4 Å². The summed E-state index contributed by atoms with van der Waals surface area (Å²) in [5, 5.41) is 9.42. The third-order valence-corrected chi connectivity index (χ3v) is 4.14. The standard InChI is InChI=1S/C16H17FN2O2/c1-2-19-14-8-7-10(17)9-13(14)18-15(19)11-5-3-4-6-12(11)16(20)21/h3-4,7-9,11-12H,2,5-6H2,1H3,(H,20,21)/t11-,12+/m1/s1. The van der Waals surface area contributed by atoms with Crippen molar-refractivity contribution in [1.29, 1.82) is 0 Å². The summed E-state index contributed by atoms with van der Waals surface area (Å²) in [7, 11) is 0. The molecule has 1 aromatic carbocycles. The maximum Gasteiger partial charge on any atom is 0.307 e. The molecule has 3 rings (SSSR count). The summed E-state index contributed by atoms with van der Waals surface area (Å²) in [4.78, 5) is 16.0. The van der Waals surface area contributed by atoms with E-state index in [9.17, 15) is 14.3 Å². The normalized spacial score (nSPS) is 21.8. The van der Waals surface area contributed by atoms with Crippen LogP contribution in [0.2, 0.25) is 0 Å². The number of nitrogens with zero attached hydrogens (tertiary/aromatic N) is 2. The average molecular weight is 288 g/mol. The van der Waals surface area contributed by atoms with Crippen LogP contribution in [-0.4, -0.2) is 20.6 Å². The van der Waals surface area contributed by atoms with Crippen LogP contribution >= 0.6 is 0 Å². The Morgan fingerprint density at radius 1 is 1.43 bits per heavy atom. The van der Waals surface area contributed by atoms with Gasteiger partial charge in [-0.05, 0) is 31.9 Å². The van der Waals surface area contributed by atoms with E-state index in [4.69, 9.17) is 0 Å². The van der Waals surface area contributed by atoms with Crippen molar-refractivity contribution in [2.24, 2.45) is 5.92 Å². The van der Waals surface area contributed by atoms with Gasteiger partial charge in [0, 0.05) is 18.5 Å². The first-order valence-electron chi connectivity index (χ1n) is 7.15. The molecule has 1 heterocycles. The van der Waals surface area contributed by atoms with Crippen LogP contribution in [0, 0.1) is 11.7 Å². The summed E-state index contributed by atoms with van der Waals surface area (Å²) < 4.78 is 15.4. The molecule has 5 heteroatoms. The molecule has 0 bridgehead atoms. The van der Waals surface area contributed by atoms with Gasteiger partial charge in [0.25, 0.3) is 0 Å². The number of halogens is 1. The Morgan fingerprint density at radius 2 is 2.19 bits per heavy atom. The van der Waals surface area contributed by atoms with E-state index in [1.54, 1.807) is 6.07 Å². The van der Waals surface area contributed by atoms with Crippen molar-refractivity contribution in [3.63, 3.8) is 0 Å². The van der Waals surface area contributed by atoms with E-state index >= 15 is 0 Å². The van der Waals surface area contributed by atoms with Gasteiger partial charge in [0.1, 0.15) is 11.6 Å². The maximum atomic E-state index is 13.4. The number of hydrogen-bond acceptors (Lipinski definition) is 2. The van der Waals surface area contributed by atoms with Gasteiger partial charge < -0.3 is 9.67 Å². The van der Waals surface area contributed by atoms with Crippen LogP contribution in [0.1, 0.15) is 31.5 Å². The van der Waals surface area contributed by atoms with E-state index < -0.39 is 11.9 Å². The molecule has 0 radical (unpaired) electrons. The van der Waals surface area contributed by atoms with Gasteiger partial charge in [-0.2, -0.15) is 0 Å². The number of rotatable bonds is 3. The van der Waals surface area contributed by atoms with Crippen molar-refractivity contribution < 1.29 is 14.3 Å². The van der Waals surface area contributed by atoms with Gasteiger partial charge in [-0.1, -0.05) is 12.2 Å². The second-order valence-corrected chi connectivity index (χ2v) is 5.34. The van der Waals surface area contributed by atoms with E-state index in [0.717, 1.165) is 11.3 Å². The van der Waals surface area contributed by atoms with Crippen molar-refractivity contribution in [3.8, 4) is 0 Å². The van der Waals surface area contributed by atoms with E-state index in [1.165, 1.54) is 12.1 Å². The van der Waals surface area contributed by atoms with Gasteiger partial charge in [-0.15, -0.1) is 0 Å². The molecule has 0 saturated heterocycles. The molecule has 0 fully saturated rings. The second kappa shape index (κ2) is 5.31. The number of aliphatic carboxylic acids is 1. The number of carbonyl (C=O) groups is 1. The topological polar surface area (TPSA) is 55.1 Å². The summed E-state index contributed by atoms with van der Waals surface area (Å²) >= 11 is 0. The quantitative estimate of drug-likeness (QED) is 0.881. The number of benzene rings is 1. The largest absolute Gasteiger partial charge is 0.481 e. The Morgan fingerprint density at radius 3 is 2.90 bits per heavy atom. The molecule has 0 spiro atoms. The number of carboxylic acids is 1. The zero-order valence-corrected chi connectivity index (χ0v) is 11.8. The minimum Gasteiger partial charge on any atom is -0.481 e. The maximum absolute atomic E-state index is 13.4. The van der Waals surface area contributed by atoms with Crippen LogP contribution < -0.4 is 0 Å². The summed E-state index contributed by atoms with van der Waals surface area (Å²) in [6, 6.07) is 4.52. The second-order valence-electron chi connectivity index (χ2n) is 5.34. The Balaban J connectivity index is 2.14. The monoisotopic (exact) mass is 288 g/mol. The molecule has 0 unspecified atom stereocenters.